The highest BCUT2D eigenvalue weighted by Gasteiger charge is 2.66. The molecule has 0 nitrogen and oxygen atoms in total. The highest BCUT2D eigenvalue weighted by Crippen LogP contribution is 2.52. The van der Waals surface area contributed by atoms with Crippen LogP contribution in [-0.4, -0.2) is 12.1 Å². The van der Waals surface area contributed by atoms with Crippen molar-refractivity contribution in [2.24, 2.45) is 10.8 Å². The molecule has 0 aromatic carbocycles. The summed E-state index contributed by atoms with van der Waals surface area (Å²) in [5, 5.41) is 0. The van der Waals surface area contributed by atoms with Gasteiger partial charge in [-0.25, -0.2) is 0 Å². The quantitative estimate of drug-likeness (QED) is 0.608. The summed E-state index contributed by atoms with van der Waals surface area (Å²) in [6.07, 6.45) is -5.69. The topological polar surface area (TPSA) is 0 Å². The summed E-state index contributed by atoms with van der Waals surface area (Å²) in [4.78, 5) is 0. The van der Waals surface area contributed by atoms with Gasteiger partial charge in [-0.05, 0) is 11.8 Å². The Balaban J connectivity index is 5.03. The predicted molar refractivity (Wildman–Crippen MR) is 48.9 cm³/mol. The Labute approximate surface area is 86.9 Å². The van der Waals surface area contributed by atoms with E-state index < -0.39 is 22.9 Å². The van der Waals surface area contributed by atoms with Crippen LogP contribution in [-0.2, 0) is 0 Å². The lowest BCUT2D eigenvalue weighted by atomic mass is 9.72. The van der Waals surface area contributed by atoms with Crippen LogP contribution < -0.4 is 0 Å². The maximum absolute atomic E-state index is 13.1. The summed E-state index contributed by atoms with van der Waals surface area (Å²) in [5.41, 5.74) is -2.66. The van der Waals surface area contributed by atoms with E-state index in [1.54, 1.807) is 20.8 Å². The first-order chi connectivity index (χ1) is 6.21. The summed E-state index contributed by atoms with van der Waals surface area (Å²) < 4.78 is 62.7. The lowest BCUT2D eigenvalue weighted by molar-refractivity contribution is -0.324. The lowest BCUT2D eigenvalue weighted by Crippen LogP contribution is -2.50. The van der Waals surface area contributed by atoms with Gasteiger partial charge in [0.15, 0.2) is 0 Å². The van der Waals surface area contributed by atoms with Gasteiger partial charge in [0, 0.05) is 5.41 Å². The van der Waals surface area contributed by atoms with Gasteiger partial charge >= 0.3 is 12.1 Å². The summed E-state index contributed by atoms with van der Waals surface area (Å²) in [6, 6.07) is 0. The molecule has 0 unspecified atom stereocenters. The van der Waals surface area contributed by atoms with Gasteiger partial charge in [-0.3, -0.25) is 0 Å². The van der Waals surface area contributed by atoms with Crippen molar-refractivity contribution in [2.75, 3.05) is 0 Å². The molecular formula is C10H17F5. The lowest BCUT2D eigenvalue weighted by Gasteiger charge is -2.39. The maximum atomic E-state index is 13.1. The van der Waals surface area contributed by atoms with Crippen LogP contribution in [0.15, 0.2) is 0 Å². The van der Waals surface area contributed by atoms with E-state index in [0.29, 0.717) is 0 Å². The number of rotatable bonds is 2. The average molecular weight is 232 g/mol. The minimum atomic E-state index is -5.48. The fourth-order valence-electron chi connectivity index (χ4n) is 1.82. The second-order valence-corrected chi connectivity index (χ2v) is 5.69. The molecular weight excluding hydrogens is 215 g/mol. The number of hydrogen-bond donors (Lipinski definition) is 0. The van der Waals surface area contributed by atoms with Gasteiger partial charge in [0.05, 0.1) is 0 Å². The number of halogens is 5. The summed E-state index contributed by atoms with van der Waals surface area (Å²) in [6.45, 7) is 6.82. The summed E-state index contributed by atoms with van der Waals surface area (Å²) in [5.74, 6) is -4.66. The fraction of sp³-hybridized carbons (Fsp3) is 1.00. The Bertz CT molecular complexity index is 219. The van der Waals surface area contributed by atoms with Gasteiger partial charge < -0.3 is 0 Å². The molecule has 5 heteroatoms. The highest BCUT2D eigenvalue weighted by molar-refractivity contribution is 4.93. The third kappa shape index (κ3) is 3.31. The molecule has 15 heavy (non-hydrogen) atoms. The van der Waals surface area contributed by atoms with Crippen LogP contribution in [0, 0.1) is 10.8 Å². The van der Waals surface area contributed by atoms with Gasteiger partial charge in [0.1, 0.15) is 0 Å². The third-order valence-electron chi connectivity index (χ3n) is 2.18. The first-order valence-corrected chi connectivity index (χ1v) is 4.65. The highest BCUT2D eigenvalue weighted by atomic mass is 19.4. The van der Waals surface area contributed by atoms with Gasteiger partial charge in [-0.2, -0.15) is 22.0 Å². The molecule has 0 spiro atoms. The smallest absolute Gasteiger partial charge is 0.196 e. The first-order valence-electron chi connectivity index (χ1n) is 4.65. The Morgan fingerprint density at radius 1 is 0.733 bits per heavy atom. The third-order valence-corrected chi connectivity index (χ3v) is 2.18. The molecule has 0 heterocycles. The van der Waals surface area contributed by atoms with E-state index in [9.17, 15) is 22.0 Å². The monoisotopic (exact) mass is 232 g/mol. The molecule has 0 atom stereocenters. The standard InChI is InChI=1S/C10H17F5/c1-7(2,3)6-8(4,5)9(11,12)10(13,14)15/h6H2,1-5H3. The number of hydrogen-bond acceptors (Lipinski definition) is 0. The molecule has 0 aliphatic carbocycles. The molecule has 0 rings (SSSR count). The summed E-state index contributed by atoms with van der Waals surface area (Å²) in [7, 11) is 0. The van der Waals surface area contributed by atoms with Crippen molar-refractivity contribution in [3.63, 3.8) is 0 Å². The van der Waals surface area contributed by atoms with Crippen LogP contribution in [0.5, 0.6) is 0 Å². The first kappa shape index (κ1) is 14.6. The molecule has 0 saturated heterocycles. The van der Waals surface area contributed by atoms with Crippen molar-refractivity contribution in [1.82, 2.24) is 0 Å². The van der Waals surface area contributed by atoms with Crippen molar-refractivity contribution >= 4 is 0 Å². The minimum Gasteiger partial charge on any atom is -0.196 e. The average Bonchev–Trinajstić information content (AvgIpc) is 1.77. The normalized spacial score (nSPS) is 15.6. The second-order valence-electron chi connectivity index (χ2n) is 5.69. The van der Waals surface area contributed by atoms with Crippen molar-refractivity contribution in [1.29, 1.82) is 0 Å². The Hall–Kier alpha value is -0.350. The van der Waals surface area contributed by atoms with Crippen molar-refractivity contribution in [3.05, 3.63) is 0 Å². The van der Waals surface area contributed by atoms with Crippen LogP contribution in [0.1, 0.15) is 41.0 Å². The Morgan fingerprint density at radius 2 is 1.07 bits per heavy atom. The molecule has 0 bridgehead atoms. The molecule has 0 fully saturated rings. The predicted octanol–water partition coefficient (Wildman–Crippen LogP) is 4.65. The van der Waals surface area contributed by atoms with Crippen molar-refractivity contribution in [3.8, 4) is 0 Å². The van der Waals surface area contributed by atoms with Gasteiger partial charge in [-0.1, -0.05) is 34.6 Å². The molecule has 92 valence electrons. The molecule has 0 saturated carbocycles. The zero-order valence-corrected chi connectivity index (χ0v) is 9.60. The molecule has 0 N–H and O–H groups in total. The van der Waals surface area contributed by atoms with E-state index in [4.69, 9.17) is 0 Å². The maximum Gasteiger partial charge on any atom is 0.453 e. The second kappa shape index (κ2) is 3.59. The van der Waals surface area contributed by atoms with Gasteiger partial charge in [0.2, 0.25) is 0 Å². The largest absolute Gasteiger partial charge is 0.453 e. The number of alkyl halides is 5. The molecule has 0 aliphatic rings. The van der Waals surface area contributed by atoms with Crippen LogP contribution in [0.25, 0.3) is 0 Å². The SMILES string of the molecule is CC(C)(C)CC(C)(C)C(F)(F)C(F)(F)F. The van der Waals surface area contributed by atoms with Crippen LogP contribution in [0.2, 0.25) is 0 Å². The molecule has 0 aromatic heterocycles. The van der Waals surface area contributed by atoms with Crippen molar-refractivity contribution < 1.29 is 22.0 Å². The Morgan fingerprint density at radius 3 is 1.27 bits per heavy atom. The molecule has 0 radical (unpaired) electrons. The molecule has 0 amide bonds. The zero-order valence-electron chi connectivity index (χ0n) is 9.60. The zero-order chi connectivity index (χ0) is 12.7. The molecule has 0 aromatic rings. The van der Waals surface area contributed by atoms with Crippen LogP contribution >= 0.6 is 0 Å². The molecule has 0 aliphatic heterocycles. The van der Waals surface area contributed by atoms with E-state index in [1.165, 1.54) is 0 Å². The van der Waals surface area contributed by atoms with E-state index in [2.05, 4.69) is 0 Å². The van der Waals surface area contributed by atoms with Gasteiger partial charge in [-0.15, -0.1) is 0 Å². The van der Waals surface area contributed by atoms with E-state index in [-0.39, 0.29) is 6.42 Å². The van der Waals surface area contributed by atoms with Crippen LogP contribution in [0.3, 0.4) is 0 Å². The van der Waals surface area contributed by atoms with Crippen LogP contribution in [0.4, 0.5) is 22.0 Å². The van der Waals surface area contributed by atoms with E-state index >= 15 is 0 Å². The fourth-order valence-corrected chi connectivity index (χ4v) is 1.82. The van der Waals surface area contributed by atoms with Crippen molar-refractivity contribution in [2.45, 2.75) is 53.1 Å². The van der Waals surface area contributed by atoms with E-state index in [1.807, 2.05) is 0 Å². The minimum absolute atomic E-state index is 0.202. The van der Waals surface area contributed by atoms with Gasteiger partial charge in [0.25, 0.3) is 0 Å². The van der Waals surface area contributed by atoms with E-state index in [0.717, 1.165) is 13.8 Å². The Kier molecular flexibility index (Phi) is 3.51. The summed E-state index contributed by atoms with van der Waals surface area (Å²) >= 11 is 0.